The van der Waals surface area contributed by atoms with Crippen LogP contribution in [0.25, 0.3) is 0 Å². The zero-order valence-corrected chi connectivity index (χ0v) is 22.2. The maximum absolute atomic E-state index is 13.4. The molecule has 5 N–H and O–H groups in total. The Balaban J connectivity index is 1.01. The van der Waals surface area contributed by atoms with Crippen molar-refractivity contribution in [2.24, 2.45) is 0 Å². The van der Waals surface area contributed by atoms with Gasteiger partial charge in [-0.15, -0.1) is 0 Å². The molecule has 7 nitrogen and oxygen atoms in total. The summed E-state index contributed by atoms with van der Waals surface area (Å²) in [5.41, 5.74) is 10.3. The number of anilines is 2. The highest BCUT2D eigenvalue weighted by molar-refractivity contribution is 6.05. The first-order chi connectivity index (χ1) is 19.3. The lowest BCUT2D eigenvalue weighted by Gasteiger charge is -2.29. The van der Waals surface area contributed by atoms with Gasteiger partial charge in [0.2, 0.25) is 5.92 Å². The van der Waals surface area contributed by atoms with Gasteiger partial charge in [-0.1, -0.05) is 48.5 Å². The van der Waals surface area contributed by atoms with E-state index in [1.54, 1.807) is 48.5 Å². The quantitative estimate of drug-likeness (QED) is 0.247. The van der Waals surface area contributed by atoms with E-state index in [-0.39, 0.29) is 37.9 Å². The Kier molecular flexibility index (Phi) is 8.30. The molecule has 3 aromatic rings. The number of amides is 2. The number of rotatable bonds is 9. The Bertz CT molecular complexity index is 1320. The molecule has 2 fully saturated rings. The third-order valence-corrected chi connectivity index (χ3v) is 7.60. The lowest BCUT2D eigenvalue weighted by atomic mass is 9.92. The number of nitrogens with one attached hydrogen (secondary N) is 3. The molecule has 0 spiro atoms. The number of benzene rings is 3. The van der Waals surface area contributed by atoms with Gasteiger partial charge in [0.25, 0.3) is 5.91 Å². The minimum atomic E-state index is -2.50. The van der Waals surface area contributed by atoms with Gasteiger partial charge in [0, 0.05) is 43.0 Å². The van der Waals surface area contributed by atoms with Gasteiger partial charge in [0.1, 0.15) is 6.61 Å². The number of alkyl carbamates (subject to hydrolysis) is 1. The normalized spacial score (nSPS) is 19.9. The predicted molar refractivity (Wildman–Crippen MR) is 150 cm³/mol. The summed E-state index contributed by atoms with van der Waals surface area (Å²) in [6.45, 7) is 0.413. The second kappa shape index (κ2) is 12.0. The van der Waals surface area contributed by atoms with Crippen molar-refractivity contribution in [3.8, 4) is 0 Å². The molecule has 0 bridgehead atoms. The van der Waals surface area contributed by atoms with E-state index in [0.29, 0.717) is 41.7 Å². The Hall–Kier alpha value is -3.98. The van der Waals surface area contributed by atoms with Gasteiger partial charge < -0.3 is 26.4 Å². The molecule has 0 saturated heterocycles. The topological polar surface area (TPSA) is 105 Å². The van der Waals surface area contributed by atoms with Crippen LogP contribution in [0, 0.1) is 0 Å². The molecule has 2 aliphatic carbocycles. The monoisotopic (exact) mass is 548 g/mol. The van der Waals surface area contributed by atoms with Crippen LogP contribution in [0.15, 0.2) is 72.8 Å². The number of carbonyl (C=O) groups excluding carboxylic acids is 2. The molecule has 0 aliphatic heterocycles. The fourth-order valence-corrected chi connectivity index (χ4v) is 5.07. The van der Waals surface area contributed by atoms with Crippen molar-refractivity contribution in [3.63, 3.8) is 0 Å². The van der Waals surface area contributed by atoms with Crippen LogP contribution in [0.3, 0.4) is 0 Å². The Morgan fingerprint density at radius 2 is 1.60 bits per heavy atom. The molecular formula is C31H34F2N4O3. The lowest BCUT2D eigenvalue weighted by molar-refractivity contribution is -0.0405. The van der Waals surface area contributed by atoms with E-state index in [1.807, 2.05) is 24.3 Å². The summed E-state index contributed by atoms with van der Waals surface area (Å²) in [4.78, 5) is 24.7. The number of nitrogen functional groups attached to an aromatic ring is 1. The van der Waals surface area contributed by atoms with Gasteiger partial charge in [-0.3, -0.25) is 4.79 Å². The molecule has 0 aromatic heterocycles. The summed E-state index contributed by atoms with van der Waals surface area (Å²) in [6.07, 6.45) is 1.48. The highest BCUT2D eigenvalue weighted by atomic mass is 19.3. The summed E-state index contributed by atoms with van der Waals surface area (Å²) >= 11 is 0. The standard InChI is InChI=1S/C31H34F2N4O3/c32-31(33)15-13-24(14-16-31)36-28-17-25(28)22-9-7-21(8-10-22)19-40-30(39)35-18-20-5-11-23(12-6-20)29(38)37-27-4-2-1-3-26(27)34/h1-12,24-25,28,36H,13-19,34H2,(H,35,39)(H,37,38). The van der Waals surface area contributed by atoms with Gasteiger partial charge >= 0.3 is 6.09 Å². The first-order valence-corrected chi connectivity index (χ1v) is 13.6. The average Bonchev–Trinajstić information content (AvgIpc) is 3.72. The zero-order chi connectivity index (χ0) is 28.1. The van der Waals surface area contributed by atoms with Crippen molar-refractivity contribution in [1.29, 1.82) is 0 Å². The Morgan fingerprint density at radius 1 is 0.925 bits per heavy atom. The maximum atomic E-state index is 13.4. The molecule has 2 aliphatic rings. The molecule has 2 amide bonds. The van der Waals surface area contributed by atoms with E-state index in [9.17, 15) is 18.4 Å². The molecule has 210 valence electrons. The third-order valence-electron chi connectivity index (χ3n) is 7.60. The highest BCUT2D eigenvalue weighted by Gasteiger charge is 2.42. The first kappa shape index (κ1) is 27.6. The molecule has 3 aromatic carbocycles. The fraction of sp³-hybridized carbons (Fsp3) is 0.355. The molecule has 5 rings (SSSR count). The highest BCUT2D eigenvalue weighted by Crippen LogP contribution is 2.42. The number of carbonyl (C=O) groups is 2. The van der Waals surface area contributed by atoms with Gasteiger partial charge in [-0.25, -0.2) is 13.6 Å². The van der Waals surface area contributed by atoms with Crippen LogP contribution in [0.4, 0.5) is 25.0 Å². The van der Waals surface area contributed by atoms with Gasteiger partial charge in [0.15, 0.2) is 0 Å². The van der Waals surface area contributed by atoms with Crippen molar-refractivity contribution < 1.29 is 23.1 Å². The van der Waals surface area contributed by atoms with Crippen molar-refractivity contribution in [1.82, 2.24) is 10.6 Å². The Morgan fingerprint density at radius 3 is 2.30 bits per heavy atom. The molecule has 2 unspecified atom stereocenters. The number of hydrogen-bond donors (Lipinski definition) is 4. The van der Waals surface area contributed by atoms with Crippen LogP contribution in [0.2, 0.25) is 0 Å². The van der Waals surface area contributed by atoms with E-state index < -0.39 is 12.0 Å². The van der Waals surface area contributed by atoms with Gasteiger partial charge in [-0.2, -0.15) is 0 Å². The SMILES string of the molecule is Nc1ccccc1NC(=O)c1ccc(CNC(=O)OCc2ccc(C3CC3NC3CCC(F)(F)CC3)cc2)cc1. The number of nitrogens with two attached hydrogens (primary N) is 1. The van der Waals surface area contributed by atoms with Crippen LogP contribution >= 0.6 is 0 Å². The number of alkyl halides is 2. The van der Waals surface area contributed by atoms with Crippen LogP contribution in [0.5, 0.6) is 0 Å². The second-order valence-corrected chi connectivity index (χ2v) is 10.7. The van der Waals surface area contributed by atoms with Crippen LogP contribution in [0.1, 0.15) is 65.1 Å². The number of para-hydroxylation sites is 2. The molecule has 0 radical (unpaired) electrons. The molecule has 2 atom stereocenters. The van der Waals surface area contributed by atoms with E-state index >= 15 is 0 Å². The molecular weight excluding hydrogens is 514 g/mol. The summed E-state index contributed by atoms with van der Waals surface area (Å²) in [6, 6.07) is 22.5. The number of ether oxygens (including phenoxy) is 1. The molecule has 40 heavy (non-hydrogen) atoms. The third kappa shape index (κ3) is 7.35. The average molecular weight is 549 g/mol. The fourth-order valence-electron chi connectivity index (χ4n) is 5.07. The predicted octanol–water partition coefficient (Wildman–Crippen LogP) is 5.97. The molecule has 2 saturated carbocycles. The second-order valence-electron chi connectivity index (χ2n) is 10.7. The van der Waals surface area contributed by atoms with E-state index in [1.165, 1.54) is 5.56 Å². The zero-order valence-electron chi connectivity index (χ0n) is 22.2. The van der Waals surface area contributed by atoms with Crippen LogP contribution in [-0.2, 0) is 17.9 Å². The summed E-state index contributed by atoms with van der Waals surface area (Å²) in [5.74, 6) is -2.37. The smallest absolute Gasteiger partial charge is 0.407 e. The minimum absolute atomic E-state index is 0.0270. The van der Waals surface area contributed by atoms with E-state index in [4.69, 9.17) is 10.5 Å². The van der Waals surface area contributed by atoms with Crippen molar-refractivity contribution in [2.75, 3.05) is 11.1 Å². The van der Waals surface area contributed by atoms with Gasteiger partial charge in [0.05, 0.1) is 11.4 Å². The molecule has 9 heteroatoms. The van der Waals surface area contributed by atoms with Crippen molar-refractivity contribution >= 4 is 23.4 Å². The first-order valence-electron chi connectivity index (χ1n) is 13.6. The summed E-state index contributed by atoms with van der Waals surface area (Å²) in [7, 11) is 0. The number of hydrogen-bond acceptors (Lipinski definition) is 5. The van der Waals surface area contributed by atoms with E-state index in [2.05, 4.69) is 16.0 Å². The van der Waals surface area contributed by atoms with Gasteiger partial charge in [-0.05, 0) is 60.2 Å². The van der Waals surface area contributed by atoms with Crippen LogP contribution in [-0.4, -0.2) is 30.0 Å². The molecule has 0 heterocycles. The summed E-state index contributed by atoms with van der Waals surface area (Å²) in [5, 5.41) is 9.05. The van der Waals surface area contributed by atoms with Crippen molar-refractivity contribution in [2.45, 2.75) is 69.2 Å². The minimum Gasteiger partial charge on any atom is -0.445 e. The van der Waals surface area contributed by atoms with E-state index in [0.717, 1.165) is 17.5 Å². The Labute approximate surface area is 232 Å². The largest absolute Gasteiger partial charge is 0.445 e. The maximum Gasteiger partial charge on any atom is 0.407 e. The van der Waals surface area contributed by atoms with Crippen molar-refractivity contribution in [3.05, 3.63) is 95.1 Å². The lowest BCUT2D eigenvalue weighted by Crippen LogP contribution is -2.38. The number of halogens is 2. The van der Waals surface area contributed by atoms with Crippen LogP contribution < -0.4 is 21.7 Å². The summed E-state index contributed by atoms with van der Waals surface area (Å²) < 4.78 is 32.1.